The summed E-state index contributed by atoms with van der Waals surface area (Å²) in [5.74, 6) is -0.0127. The van der Waals surface area contributed by atoms with Crippen molar-refractivity contribution in [1.82, 2.24) is 0 Å². The van der Waals surface area contributed by atoms with Crippen molar-refractivity contribution in [3.05, 3.63) is 11.6 Å². The van der Waals surface area contributed by atoms with Gasteiger partial charge in [0.25, 0.3) is 0 Å². The molecule has 4 fully saturated rings. The number of allylic oxidation sites excluding steroid dienone is 2. The first-order valence-corrected chi connectivity index (χ1v) is 13.9. The van der Waals surface area contributed by atoms with E-state index in [-0.39, 0.29) is 46.9 Å². The summed E-state index contributed by atoms with van der Waals surface area (Å²) in [6.45, 7) is 13.3. The van der Waals surface area contributed by atoms with Gasteiger partial charge in [-0.1, -0.05) is 46.3 Å². The van der Waals surface area contributed by atoms with Crippen LogP contribution in [0.15, 0.2) is 11.6 Å². The SMILES string of the molecule is C[C@@]1(C(=O)O)CC(=O)[C@]2(C)CC[C@]3(C)C(=CC[C@@H]4[C@@]5(C)CC[C@H](O)[C@](C)(CO)C5CC[C@]43C)[C@@H]2C1. The quantitative estimate of drug-likeness (QED) is 0.455. The highest BCUT2D eigenvalue weighted by Crippen LogP contribution is 2.75. The number of hydrogen-bond donors (Lipinski definition) is 3. The summed E-state index contributed by atoms with van der Waals surface area (Å²) >= 11 is 0. The molecule has 5 aliphatic carbocycles. The molecule has 196 valence electrons. The molecular weight excluding hydrogens is 440 g/mol. The van der Waals surface area contributed by atoms with E-state index < -0.39 is 28.3 Å². The highest BCUT2D eigenvalue weighted by Gasteiger charge is 2.69. The van der Waals surface area contributed by atoms with Crippen LogP contribution in [0.25, 0.3) is 0 Å². The van der Waals surface area contributed by atoms with Crippen molar-refractivity contribution >= 4 is 11.8 Å². The van der Waals surface area contributed by atoms with Crippen molar-refractivity contribution in [3.8, 4) is 0 Å². The predicted molar refractivity (Wildman–Crippen MR) is 134 cm³/mol. The minimum Gasteiger partial charge on any atom is -0.481 e. The van der Waals surface area contributed by atoms with Crippen LogP contribution in [0.4, 0.5) is 0 Å². The normalized spacial score (nSPS) is 55.7. The maximum atomic E-state index is 13.4. The van der Waals surface area contributed by atoms with E-state index >= 15 is 0 Å². The highest BCUT2D eigenvalue weighted by molar-refractivity contribution is 5.92. The molecule has 0 spiro atoms. The van der Waals surface area contributed by atoms with Gasteiger partial charge in [0.05, 0.1) is 18.1 Å². The van der Waals surface area contributed by atoms with Crippen molar-refractivity contribution in [2.24, 2.45) is 50.2 Å². The van der Waals surface area contributed by atoms with Gasteiger partial charge >= 0.3 is 5.97 Å². The minimum atomic E-state index is -0.996. The van der Waals surface area contributed by atoms with Crippen LogP contribution >= 0.6 is 0 Å². The fourth-order valence-electron chi connectivity index (χ4n) is 10.5. The van der Waals surface area contributed by atoms with Crippen molar-refractivity contribution in [2.45, 2.75) is 105 Å². The van der Waals surface area contributed by atoms with Crippen molar-refractivity contribution in [3.63, 3.8) is 0 Å². The van der Waals surface area contributed by atoms with Gasteiger partial charge in [-0.15, -0.1) is 0 Å². The van der Waals surface area contributed by atoms with E-state index in [0.29, 0.717) is 12.3 Å². The molecule has 0 aromatic carbocycles. The second kappa shape index (κ2) is 7.43. The van der Waals surface area contributed by atoms with Crippen LogP contribution in [0.3, 0.4) is 0 Å². The molecule has 5 nitrogen and oxygen atoms in total. The minimum absolute atomic E-state index is 0.0113. The van der Waals surface area contributed by atoms with Gasteiger partial charge in [-0.2, -0.15) is 0 Å². The van der Waals surface area contributed by atoms with E-state index in [4.69, 9.17) is 0 Å². The maximum absolute atomic E-state index is 13.4. The third-order valence-corrected chi connectivity index (χ3v) is 13.3. The van der Waals surface area contributed by atoms with E-state index in [1.165, 1.54) is 5.57 Å². The van der Waals surface area contributed by atoms with Crippen LogP contribution in [0.1, 0.15) is 99.3 Å². The Balaban J connectivity index is 1.59. The van der Waals surface area contributed by atoms with Gasteiger partial charge in [0.1, 0.15) is 5.78 Å². The standard InChI is InChI=1S/C30H46O5/c1-25(24(34)35)15-19-18-7-8-21-27(3)11-10-22(32)28(4,17-31)20(27)9-12-30(21,6)29(18,5)14-13-26(19,2)23(33)16-25/h7,19-22,31-32H,8-17H2,1-6H3,(H,34,35)/t19-,20?,21+,22-,25-,26+,27-,28+,29+,30+/m0/s1. The molecule has 0 aromatic heterocycles. The van der Waals surface area contributed by atoms with E-state index in [0.717, 1.165) is 44.9 Å². The highest BCUT2D eigenvalue weighted by atomic mass is 16.4. The molecule has 4 saturated carbocycles. The number of carbonyl (C=O) groups is 2. The van der Waals surface area contributed by atoms with Gasteiger partial charge < -0.3 is 15.3 Å². The van der Waals surface area contributed by atoms with Crippen LogP contribution in [-0.2, 0) is 9.59 Å². The summed E-state index contributed by atoms with van der Waals surface area (Å²) in [7, 11) is 0. The van der Waals surface area contributed by atoms with Gasteiger partial charge in [0, 0.05) is 17.3 Å². The van der Waals surface area contributed by atoms with Crippen molar-refractivity contribution < 1.29 is 24.9 Å². The number of fused-ring (bicyclic) bond motifs is 7. The van der Waals surface area contributed by atoms with Crippen LogP contribution < -0.4 is 0 Å². The molecule has 5 aliphatic rings. The Kier molecular flexibility index (Phi) is 5.40. The van der Waals surface area contributed by atoms with Crippen LogP contribution in [0.5, 0.6) is 0 Å². The number of carboxylic acids is 1. The zero-order chi connectivity index (χ0) is 25.8. The second-order valence-electron chi connectivity index (χ2n) is 14.7. The summed E-state index contributed by atoms with van der Waals surface area (Å²) < 4.78 is 0. The largest absolute Gasteiger partial charge is 0.481 e. The molecule has 0 saturated heterocycles. The molecule has 10 atom stereocenters. The summed E-state index contributed by atoms with van der Waals surface area (Å²) in [6, 6.07) is 0. The summed E-state index contributed by atoms with van der Waals surface area (Å²) in [5.41, 5.74) is -0.566. The number of carboxylic acid groups (broad SMARTS) is 1. The fraction of sp³-hybridized carbons (Fsp3) is 0.867. The van der Waals surface area contributed by atoms with Gasteiger partial charge in [0.2, 0.25) is 0 Å². The molecule has 0 radical (unpaired) electrons. The number of aliphatic carboxylic acids is 1. The Morgan fingerprint density at radius 1 is 1.00 bits per heavy atom. The number of hydrogen-bond acceptors (Lipinski definition) is 4. The first kappa shape index (κ1) is 25.4. The van der Waals surface area contributed by atoms with Gasteiger partial charge in [-0.3, -0.25) is 9.59 Å². The first-order valence-electron chi connectivity index (χ1n) is 13.9. The van der Waals surface area contributed by atoms with Gasteiger partial charge in [0.15, 0.2) is 0 Å². The molecule has 0 amide bonds. The molecule has 1 unspecified atom stereocenters. The fourth-order valence-corrected chi connectivity index (χ4v) is 10.5. The summed E-state index contributed by atoms with van der Waals surface area (Å²) in [4.78, 5) is 25.7. The Morgan fingerprint density at radius 3 is 2.31 bits per heavy atom. The van der Waals surface area contributed by atoms with Gasteiger partial charge in [-0.05, 0) is 92.3 Å². The zero-order valence-electron chi connectivity index (χ0n) is 22.6. The number of ketones is 1. The molecule has 0 aliphatic heterocycles. The average Bonchev–Trinajstić information content (AvgIpc) is 2.79. The van der Waals surface area contributed by atoms with Crippen LogP contribution in [-0.4, -0.2) is 39.8 Å². The van der Waals surface area contributed by atoms with Crippen LogP contribution in [0, 0.1) is 50.2 Å². The first-order chi connectivity index (χ1) is 16.1. The molecule has 5 rings (SSSR count). The topological polar surface area (TPSA) is 94.8 Å². The zero-order valence-corrected chi connectivity index (χ0v) is 22.6. The van der Waals surface area contributed by atoms with E-state index in [1.54, 1.807) is 6.92 Å². The Hall–Kier alpha value is -1.20. The molecular formula is C30H46O5. The number of rotatable bonds is 2. The molecule has 0 aromatic rings. The number of carbonyl (C=O) groups excluding carboxylic acids is 1. The number of aliphatic hydroxyl groups excluding tert-OH is 2. The van der Waals surface area contributed by atoms with E-state index in [9.17, 15) is 24.9 Å². The van der Waals surface area contributed by atoms with Gasteiger partial charge in [-0.25, -0.2) is 0 Å². The van der Waals surface area contributed by atoms with Crippen LogP contribution in [0.2, 0.25) is 0 Å². The van der Waals surface area contributed by atoms with E-state index in [1.807, 2.05) is 0 Å². The lowest BCUT2D eigenvalue weighted by molar-refractivity contribution is -0.215. The average molecular weight is 487 g/mol. The smallest absolute Gasteiger partial charge is 0.309 e. The molecule has 35 heavy (non-hydrogen) atoms. The van der Waals surface area contributed by atoms with E-state index in [2.05, 4.69) is 40.7 Å². The predicted octanol–water partition coefficient (Wildman–Crippen LogP) is 5.39. The Labute approximate surface area is 210 Å². The molecule has 5 heteroatoms. The third kappa shape index (κ3) is 2.94. The number of aliphatic hydroxyl groups is 2. The Morgan fingerprint density at radius 2 is 1.69 bits per heavy atom. The lowest BCUT2D eigenvalue weighted by Crippen LogP contribution is -2.66. The number of Topliss-reactive ketones (excluding diaryl/α,β-unsaturated/α-hetero) is 1. The summed E-state index contributed by atoms with van der Waals surface area (Å²) in [5, 5.41) is 31.3. The second-order valence-corrected chi connectivity index (χ2v) is 14.7. The summed E-state index contributed by atoms with van der Waals surface area (Å²) in [6.07, 6.45) is 9.13. The van der Waals surface area contributed by atoms with Crippen molar-refractivity contribution in [1.29, 1.82) is 0 Å². The monoisotopic (exact) mass is 486 g/mol. The lowest BCUT2D eigenvalue weighted by Gasteiger charge is -2.71. The molecule has 3 N–H and O–H groups in total. The third-order valence-electron chi connectivity index (χ3n) is 13.3. The van der Waals surface area contributed by atoms with Crippen molar-refractivity contribution in [2.75, 3.05) is 6.61 Å². The molecule has 0 heterocycles. The maximum Gasteiger partial charge on any atom is 0.309 e. The lowest BCUT2D eigenvalue weighted by atomic mass is 9.33. The molecule has 0 bridgehead atoms. The Bertz CT molecular complexity index is 987.